The van der Waals surface area contributed by atoms with E-state index in [9.17, 15) is 13.2 Å². The molecule has 0 bridgehead atoms. The highest BCUT2D eigenvalue weighted by Crippen LogP contribution is 2.46. The SMILES string of the molecule is CNC(=O)c1c(-c2ccc(C)cc2)oc2nc(N(CCCC3CCOCC3)S(C)(=O)=O)c(C3CC3)cc12. The van der Waals surface area contributed by atoms with Crippen LogP contribution in [0.5, 0.6) is 0 Å². The van der Waals surface area contributed by atoms with Gasteiger partial charge in [0.05, 0.1) is 17.2 Å². The molecule has 5 rings (SSSR count). The number of aryl methyl sites for hydroxylation is 1. The predicted octanol–water partition coefficient (Wildman–Crippen LogP) is 5.01. The Bertz CT molecular complexity index is 1390. The Morgan fingerprint density at radius 3 is 2.46 bits per heavy atom. The van der Waals surface area contributed by atoms with Crippen LogP contribution in [0.25, 0.3) is 22.4 Å². The van der Waals surface area contributed by atoms with Crippen LogP contribution in [0, 0.1) is 12.8 Å². The lowest BCUT2D eigenvalue weighted by molar-refractivity contribution is 0.0635. The predicted molar refractivity (Wildman–Crippen MR) is 145 cm³/mol. The van der Waals surface area contributed by atoms with Gasteiger partial charge in [-0.15, -0.1) is 0 Å². The molecule has 0 atom stereocenters. The third-order valence-corrected chi connectivity index (χ3v) is 8.58. The molecule has 2 aliphatic rings. The zero-order valence-electron chi connectivity index (χ0n) is 21.7. The van der Waals surface area contributed by atoms with E-state index in [1.807, 2.05) is 37.3 Å². The fraction of sp³-hybridized carbons (Fsp3) is 0.500. The zero-order valence-corrected chi connectivity index (χ0v) is 22.6. The fourth-order valence-corrected chi connectivity index (χ4v) is 6.09. The van der Waals surface area contributed by atoms with Crippen LogP contribution in [0.1, 0.15) is 65.9 Å². The molecule has 0 radical (unpaired) electrons. The number of sulfonamides is 1. The maximum atomic E-state index is 13.0. The van der Waals surface area contributed by atoms with Gasteiger partial charge < -0.3 is 14.5 Å². The van der Waals surface area contributed by atoms with Crippen LogP contribution in [0.3, 0.4) is 0 Å². The monoisotopic (exact) mass is 525 g/mol. The Morgan fingerprint density at radius 1 is 1.14 bits per heavy atom. The molecule has 1 aromatic carbocycles. The fourth-order valence-electron chi connectivity index (χ4n) is 5.17. The highest BCUT2D eigenvalue weighted by atomic mass is 32.2. The number of hydrogen-bond acceptors (Lipinski definition) is 6. The lowest BCUT2D eigenvalue weighted by atomic mass is 9.95. The van der Waals surface area contributed by atoms with Crippen molar-refractivity contribution in [2.75, 3.05) is 37.4 Å². The molecular formula is C28H35N3O5S. The first-order chi connectivity index (χ1) is 17.8. The summed E-state index contributed by atoms with van der Waals surface area (Å²) < 4.78 is 39.1. The number of carbonyl (C=O) groups is 1. The third-order valence-electron chi connectivity index (χ3n) is 7.43. The number of nitrogens with one attached hydrogen (secondary N) is 1. The van der Waals surface area contributed by atoms with Crippen LogP contribution >= 0.6 is 0 Å². The van der Waals surface area contributed by atoms with Gasteiger partial charge in [0.1, 0.15) is 11.6 Å². The average Bonchev–Trinajstić information content (AvgIpc) is 3.66. The van der Waals surface area contributed by atoms with Gasteiger partial charge in [0.2, 0.25) is 15.7 Å². The van der Waals surface area contributed by atoms with Crippen molar-refractivity contribution >= 4 is 32.8 Å². The maximum Gasteiger partial charge on any atom is 0.255 e. The van der Waals surface area contributed by atoms with Crippen molar-refractivity contribution in [3.05, 3.63) is 47.0 Å². The van der Waals surface area contributed by atoms with E-state index >= 15 is 0 Å². The molecule has 8 nitrogen and oxygen atoms in total. The molecule has 1 aliphatic carbocycles. The maximum absolute atomic E-state index is 13.0. The molecule has 1 N–H and O–H groups in total. The molecule has 1 saturated heterocycles. The number of hydrogen-bond donors (Lipinski definition) is 1. The second-order valence-electron chi connectivity index (χ2n) is 10.3. The quantitative estimate of drug-likeness (QED) is 0.421. The van der Waals surface area contributed by atoms with Crippen LogP contribution in [0.15, 0.2) is 34.7 Å². The van der Waals surface area contributed by atoms with E-state index in [2.05, 4.69) is 5.32 Å². The summed E-state index contributed by atoms with van der Waals surface area (Å²) in [7, 11) is -1.98. The minimum atomic E-state index is -3.57. The largest absolute Gasteiger partial charge is 0.437 e. The number of ether oxygens (including phenoxy) is 1. The Kier molecular flexibility index (Phi) is 7.27. The minimum absolute atomic E-state index is 0.224. The van der Waals surface area contributed by atoms with Gasteiger partial charge in [-0.25, -0.2) is 8.42 Å². The van der Waals surface area contributed by atoms with Crippen LogP contribution < -0.4 is 9.62 Å². The summed E-state index contributed by atoms with van der Waals surface area (Å²) in [6.45, 7) is 3.92. The molecule has 1 saturated carbocycles. The zero-order chi connectivity index (χ0) is 26.2. The second kappa shape index (κ2) is 10.5. The number of fused-ring (bicyclic) bond motifs is 1. The standard InChI is InChI=1S/C28H35N3O5S/c1-18-6-8-21(9-7-18)25-24(27(32)29-2)23-17-22(20-10-11-20)26(30-28(23)36-25)31(37(3,33)34)14-4-5-19-12-15-35-16-13-19/h6-9,17,19-20H,4-5,10-16H2,1-3H3,(H,29,32). The number of carbonyl (C=O) groups excluding carboxylic acids is 1. The lowest BCUT2D eigenvalue weighted by Gasteiger charge is -2.26. The summed E-state index contributed by atoms with van der Waals surface area (Å²) in [5.41, 5.74) is 3.43. The summed E-state index contributed by atoms with van der Waals surface area (Å²) in [6.07, 6.45) is 6.92. The van der Waals surface area contributed by atoms with E-state index in [0.717, 1.165) is 68.4 Å². The van der Waals surface area contributed by atoms with E-state index in [0.29, 0.717) is 35.0 Å². The number of anilines is 1. The Balaban J connectivity index is 1.57. The molecule has 1 aliphatic heterocycles. The highest BCUT2D eigenvalue weighted by molar-refractivity contribution is 7.92. The molecule has 2 fully saturated rings. The minimum Gasteiger partial charge on any atom is -0.437 e. The number of benzene rings is 1. The van der Waals surface area contributed by atoms with E-state index in [4.69, 9.17) is 14.1 Å². The van der Waals surface area contributed by atoms with Gasteiger partial charge in [0.25, 0.3) is 5.91 Å². The van der Waals surface area contributed by atoms with Crippen molar-refractivity contribution < 1.29 is 22.4 Å². The number of pyridine rings is 1. The third kappa shape index (κ3) is 5.52. The van der Waals surface area contributed by atoms with Gasteiger partial charge in [0, 0.05) is 32.4 Å². The second-order valence-corrected chi connectivity index (χ2v) is 12.2. The molecule has 0 unspecified atom stereocenters. The molecule has 0 spiro atoms. The highest BCUT2D eigenvalue weighted by Gasteiger charge is 2.34. The van der Waals surface area contributed by atoms with E-state index in [-0.39, 0.29) is 17.5 Å². The van der Waals surface area contributed by atoms with Gasteiger partial charge in [-0.05, 0) is 68.9 Å². The summed E-state index contributed by atoms with van der Waals surface area (Å²) in [5, 5.41) is 3.33. The first-order valence-corrected chi connectivity index (χ1v) is 14.9. The summed E-state index contributed by atoms with van der Waals surface area (Å²) >= 11 is 0. The topological polar surface area (TPSA) is 102 Å². The van der Waals surface area contributed by atoms with Crippen LogP contribution in [-0.2, 0) is 14.8 Å². The van der Waals surface area contributed by atoms with Gasteiger partial charge in [-0.3, -0.25) is 9.10 Å². The Labute approximate surface area is 218 Å². The van der Waals surface area contributed by atoms with Crippen molar-refractivity contribution in [2.45, 2.75) is 51.4 Å². The number of rotatable bonds is 9. The molecule has 198 valence electrons. The molecule has 1 amide bonds. The molecule has 2 aromatic heterocycles. The van der Waals surface area contributed by atoms with Crippen LogP contribution in [0.4, 0.5) is 5.82 Å². The van der Waals surface area contributed by atoms with E-state index in [1.54, 1.807) is 7.05 Å². The van der Waals surface area contributed by atoms with Gasteiger partial charge in [0.15, 0.2) is 0 Å². The summed E-state index contributed by atoms with van der Waals surface area (Å²) in [6, 6.07) is 9.70. The van der Waals surface area contributed by atoms with E-state index < -0.39 is 10.0 Å². The van der Waals surface area contributed by atoms with Crippen LogP contribution in [-0.4, -0.2) is 52.4 Å². The van der Waals surface area contributed by atoms with Crippen molar-refractivity contribution in [1.29, 1.82) is 0 Å². The summed E-state index contributed by atoms with van der Waals surface area (Å²) in [4.78, 5) is 17.8. The van der Waals surface area contributed by atoms with E-state index in [1.165, 1.54) is 10.6 Å². The first-order valence-electron chi connectivity index (χ1n) is 13.1. The molecule has 37 heavy (non-hydrogen) atoms. The first kappa shape index (κ1) is 25.7. The van der Waals surface area contributed by atoms with Gasteiger partial charge >= 0.3 is 0 Å². The van der Waals surface area contributed by atoms with Gasteiger partial charge in [-0.1, -0.05) is 29.8 Å². The number of aromatic nitrogens is 1. The Morgan fingerprint density at radius 2 is 1.84 bits per heavy atom. The lowest BCUT2D eigenvalue weighted by Crippen LogP contribution is -2.33. The average molecular weight is 526 g/mol. The van der Waals surface area contributed by atoms with Crippen molar-refractivity contribution in [1.82, 2.24) is 10.3 Å². The van der Waals surface area contributed by atoms with Crippen molar-refractivity contribution in [3.8, 4) is 11.3 Å². The smallest absolute Gasteiger partial charge is 0.255 e. The molecule has 3 heterocycles. The van der Waals surface area contributed by atoms with Crippen molar-refractivity contribution in [2.24, 2.45) is 5.92 Å². The number of amides is 1. The number of furan rings is 1. The summed E-state index contributed by atoms with van der Waals surface area (Å²) in [5.74, 6) is 1.39. The van der Waals surface area contributed by atoms with Gasteiger partial charge in [-0.2, -0.15) is 4.98 Å². The van der Waals surface area contributed by atoms with Crippen LogP contribution in [0.2, 0.25) is 0 Å². The Hall–Kier alpha value is -2.91. The number of nitrogens with zero attached hydrogens (tertiary/aromatic N) is 2. The normalized spacial score (nSPS) is 16.7. The molecule has 3 aromatic rings. The molecule has 9 heteroatoms. The van der Waals surface area contributed by atoms with Crippen molar-refractivity contribution in [3.63, 3.8) is 0 Å². The molecular weight excluding hydrogens is 490 g/mol.